The van der Waals surface area contributed by atoms with Crippen LogP contribution in [0.2, 0.25) is 0 Å². The van der Waals surface area contributed by atoms with Gasteiger partial charge >= 0.3 is 0 Å². The van der Waals surface area contributed by atoms with Crippen LogP contribution in [0.15, 0.2) is 24.3 Å². The number of amides is 1. The Morgan fingerprint density at radius 3 is 2.65 bits per heavy atom. The van der Waals surface area contributed by atoms with Gasteiger partial charge in [-0.25, -0.2) is 0 Å². The van der Waals surface area contributed by atoms with E-state index in [0.717, 1.165) is 32.2 Å². The van der Waals surface area contributed by atoms with E-state index in [2.05, 4.69) is 0 Å². The highest BCUT2D eigenvalue weighted by Crippen LogP contribution is 2.23. The summed E-state index contributed by atoms with van der Waals surface area (Å²) >= 11 is 5.79. The third kappa shape index (κ3) is 3.28. The van der Waals surface area contributed by atoms with Gasteiger partial charge in [-0.2, -0.15) is 0 Å². The predicted octanol–water partition coefficient (Wildman–Crippen LogP) is 3.22. The van der Waals surface area contributed by atoms with Crippen LogP contribution in [0.3, 0.4) is 0 Å². The van der Waals surface area contributed by atoms with E-state index in [0.29, 0.717) is 11.4 Å². The first kappa shape index (κ1) is 14.8. The Labute approximate surface area is 122 Å². The highest BCUT2D eigenvalue weighted by atomic mass is 35.5. The largest absolute Gasteiger partial charge is 0.336 e. The Hall–Kier alpha value is -1.62. The van der Waals surface area contributed by atoms with Crippen LogP contribution in [-0.4, -0.2) is 34.2 Å². The van der Waals surface area contributed by atoms with Crippen molar-refractivity contribution in [1.82, 2.24) is 4.90 Å². The number of rotatable bonds is 4. The standard InChI is InChI=1S/C14H17ClN2O3/c15-9-8-12-3-1-2-10-16(12)14(18)11-4-6-13(7-5-11)17(19)20/h4-7,12H,1-3,8-10H2. The molecule has 1 unspecified atom stereocenters. The second kappa shape index (κ2) is 6.70. The zero-order chi connectivity index (χ0) is 14.5. The lowest BCUT2D eigenvalue weighted by Crippen LogP contribution is -2.43. The van der Waals surface area contributed by atoms with Crippen LogP contribution < -0.4 is 0 Å². The molecule has 2 rings (SSSR count). The molecule has 0 aromatic heterocycles. The van der Waals surface area contributed by atoms with Gasteiger partial charge in [0.2, 0.25) is 0 Å². The Balaban J connectivity index is 2.14. The van der Waals surface area contributed by atoms with Crippen molar-refractivity contribution in [3.05, 3.63) is 39.9 Å². The van der Waals surface area contributed by atoms with Gasteiger partial charge in [0, 0.05) is 36.2 Å². The van der Waals surface area contributed by atoms with Crippen molar-refractivity contribution >= 4 is 23.2 Å². The number of likely N-dealkylation sites (tertiary alicyclic amines) is 1. The second-order valence-electron chi connectivity index (χ2n) is 4.93. The minimum Gasteiger partial charge on any atom is -0.336 e. The molecule has 1 amide bonds. The van der Waals surface area contributed by atoms with Crippen LogP contribution >= 0.6 is 11.6 Å². The predicted molar refractivity (Wildman–Crippen MR) is 77.1 cm³/mol. The summed E-state index contributed by atoms with van der Waals surface area (Å²) in [5, 5.41) is 10.6. The number of carbonyl (C=O) groups is 1. The van der Waals surface area contributed by atoms with Gasteiger partial charge in [-0.1, -0.05) is 0 Å². The first-order chi connectivity index (χ1) is 9.63. The summed E-state index contributed by atoms with van der Waals surface area (Å²) in [6.45, 7) is 0.734. The average Bonchev–Trinajstić information content (AvgIpc) is 2.47. The molecule has 0 spiro atoms. The fraction of sp³-hybridized carbons (Fsp3) is 0.500. The summed E-state index contributed by atoms with van der Waals surface area (Å²) in [5.74, 6) is 0.476. The molecule has 1 aromatic rings. The highest BCUT2D eigenvalue weighted by molar-refractivity contribution is 6.17. The van der Waals surface area contributed by atoms with Gasteiger partial charge in [-0.15, -0.1) is 11.6 Å². The van der Waals surface area contributed by atoms with Crippen LogP contribution in [0.5, 0.6) is 0 Å². The molecule has 0 radical (unpaired) electrons. The summed E-state index contributed by atoms with van der Waals surface area (Å²) in [7, 11) is 0. The lowest BCUT2D eigenvalue weighted by molar-refractivity contribution is -0.384. The maximum absolute atomic E-state index is 12.5. The number of nitro groups is 1. The molecule has 108 valence electrons. The molecule has 1 saturated heterocycles. The summed E-state index contributed by atoms with van der Waals surface area (Å²) in [4.78, 5) is 24.5. The van der Waals surface area contributed by atoms with Gasteiger partial charge in [0.15, 0.2) is 0 Å². The summed E-state index contributed by atoms with van der Waals surface area (Å²) in [6, 6.07) is 5.96. The Kier molecular flexibility index (Phi) is 4.95. The summed E-state index contributed by atoms with van der Waals surface area (Å²) < 4.78 is 0. The first-order valence-corrected chi connectivity index (χ1v) is 7.28. The number of nitrogens with zero attached hydrogens (tertiary/aromatic N) is 2. The van der Waals surface area contributed by atoms with Gasteiger partial charge in [0.1, 0.15) is 0 Å². The van der Waals surface area contributed by atoms with Crippen LogP contribution in [0.1, 0.15) is 36.0 Å². The van der Waals surface area contributed by atoms with Gasteiger partial charge in [-0.3, -0.25) is 14.9 Å². The molecule has 5 nitrogen and oxygen atoms in total. The van der Waals surface area contributed by atoms with Crippen molar-refractivity contribution < 1.29 is 9.72 Å². The van der Waals surface area contributed by atoms with Crippen molar-refractivity contribution in [1.29, 1.82) is 0 Å². The minimum absolute atomic E-state index is 0.00231. The number of hydrogen-bond acceptors (Lipinski definition) is 3. The van der Waals surface area contributed by atoms with Gasteiger partial charge in [0.05, 0.1) is 4.92 Å². The van der Waals surface area contributed by atoms with Gasteiger partial charge in [-0.05, 0) is 37.8 Å². The van der Waals surface area contributed by atoms with E-state index in [-0.39, 0.29) is 17.6 Å². The monoisotopic (exact) mass is 296 g/mol. The smallest absolute Gasteiger partial charge is 0.269 e. The summed E-state index contributed by atoms with van der Waals surface area (Å²) in [6.07, 6.45) is 3.88. The van der Waals surface area contributed by atoms with Crippen molar-refractivity contribution in [3.63, 3.8) is 0 Å². The molecular weight excluding hydrogens is 280 g/mol. The minimum atomic E-state index is -0.467. The molecule has 1 aliphatic heterocycles. The van der Waals surface area contributed by atoms with Gasteiger partial charge < -0.3 is 4.90 Å². The molecule has 1 atom stereocenters. The van der Waals surface area contributed by atoms with E-state index in [1.54, 1.807) is 0 Å². The third-order valence-electron chi connectivity index (χ3n) is 3.66. The van der Waals surface area contributed by atoms with Crippen LogP contribution in [0.25, 0.3) is 0 Å². The van der Waals surface area contributed by atoms with E-state index < -0.39 is 4.92 Å². The number of benzene rings is 1. The van der Waals surface area contributed by atoms with Crippen LogP contribution in [-0.2, 0) is 0 Å². The molecule has 20 heavy (non-hydrogen) atoms. The lowest BCUT2D eigenvalue weighted by atomic mass is 9.99. The zero-order valence-electron chi connectivity index (χ0n) is 11.1. The van der Waals surface area contributed by atoms with E-state index in [1.807, 2.05) is 4.90 Å². The molecule has 1 aliphatic rings. The van der Waals surface area contributed by atoms with Crippen molar-refractivity contribution in [2.24, 2.45) is 0 Å². The summed E-state index contributed by atoms with van der Waals surface area (Å²) in [5.41, 5.74) is 0.495. The Bertz CT molecular complexity index is 488. The Morgan fingerprint density at radius 1 is 1.35 bits per heavy atom. The topological polar surface area (TPSA) is 63.4 Å². The van der Waals surface area contributed by atoms with E-state index in [4.69, 9.17) is 11.6 Å². The fourth-order valence-electron chi connectivity index (χ4n) is 2.59. The number of non-ortho nitro benzene ring substituents is 1. The molecular formula is C14H17ClN2O3. The van der Waals surface area contributed by atoms with Crippen molar-refractivity contribution in [2.75, 3.05) is 12.4 Å². The number of alkyl halides is 1. The van der Waals surface area contributed by atoms with Crippen molar-refractivity contribution in [3.8, 4) is 0 Å². The van der Waals surface area contributed by atoms with E-state index >= 15 is 0 Å². The molecule has 1 fully saturated rings. The number of carbonyl (C=O) groups excluding carboxylic acids is 1. The number of halogens is 1. The molecule has 6 heteroatoms. The van der Waals surface area contributed by atoms with Crippen LogP contribution in [0.4, 0.5) is 5.69 Å². The number of nitro benzene ring substituents is 1. The van der Waals surface area contributed by atoms with E-state index in [9.17, 15) is 14.9 Å². The number of piperidine rings is 1. The molecule has 1 heterocycles. The molecule has 0 N–H and O–H groups in total. The molecule has 0 saturated carbocycles. The maximum Gasteiger partial charge on any atom is 0.269 e. The zero-order valence-corrected chi connectivity index (χ0v) is 11.9. The molecule has 0 bridgehead atoms. The fourth-order valence-corrected chi connectivity index (χ4v) is 2.84. The molecule has 0 aliphatic carbocycles. The van der Waals surface area contributed by atoms with Crippen LogP contribution in [0, 0.1) is 10.1 Å². The quantitative estimate of drug-likeness (QED) is 0.487. The average molecular weight is 297 g/mol. The molecule has 1 aromatic carbocycles. The lowest BCUT2D eigenvalue weighted by Gasteiger charge is -2.35. The maximum atomic E-state index is 12.5. The Morgan fingerprint density at radius 2 is 2.05 bits per heavy atom. The normalized spacial score (nSPS) is 18.9. The van der Waals surface area contributed by atoms with Gasteiger partial charge in [0.25, 0.3) is 11.6 Å². The SMILES string of the molecule is O=C(c1ccc([N+](=O)[O-])cc1)N1CCCCC1CCCl. The second-order valence-corrected chi connectivity index (χ2v) is 5.31. The van der Waals surface area contributed by atoms with Crippen molar-refractivity contribution in [2.45, 2.75) is 31.7 Å². The highest BCUT2D eigenvalue weighted by Gasteiger charge is 2.27. The van der Waals surface area contributed by atoms with E-state index in [1.165, 1.54) is 24.3 Å². The third-order valence-corrected chi connectivity index (χ3v) is 3.87. The number of hydrogen-bond donors (Lipinski definition) is 0. The first-order valence-electron chi connectivity index (χ1n) is 6.75.